The molecule has 1 rings (SSSR count). The SMILES string of the molecule is CC(C)n1cnc(CC(N)C(=O)O)c1. The van der Waals surface area contributed by atoms with Gasteiger partial charge in [-0.2, -0.15) is 0 Å². The van der Waals surface area contributed by atoms with E-state index in [0.29, 0.717) is 11.7 Å². The van der Waals surface area contributed by atoms with Crippen molar-refractivity contribution in [2.24, 2.45) is 5.73 Å². The van der Waals surface area contributed by atoms with E-state index in [-0.39, 0.29) is 6.42 Å². The molecule has 1 atom stereocenters. The quantitative estimate of drug-likeness (QED) is 0.732. The van der Waals surface area contributed by atoms with Crippen LogP contribution in [0.15, 0.2) is 12.5 Å². The van der Waals surface area contributed by atoms with Crippen LogP contribution in [0, 0.1) is 0 Å². The Labute approximate surface area is 82.6 Å². The Balaban J connectivity index is 2.64. The fraction of sp³-hybridized carbons (Fsp3) is 0.556. The van der Waals surface area contributed by atoms with E-state index in [1.54, 1.807) is 6.33 Å². The zero-order valence-electron chi connectivity index (χ0n) is 8.34. The minimum Gasteiger partial charge on any atom is -0.480 e. The van der Waals surface area contributed by atoms with E-state index in [0.717, 1.165) is 0 Å². The molecule has 0 spiro atoms. The summed E-state index contributed by atoms with van der Waals surface area (Å²) in [5.41, 5.74) is 6.10. The third kappa shape index (κ3) is 2.56. The summed E-state index contributed by atoms with van der Waals surface area (Å²) in [6.45, 7) is 4.06. The van der Waals surface area contributed by atoms with Crippen molar-refractivity contribution < 1.29 is 9.90 Å². The summed E-state index contributed by atoms with van der Waals surface area (Å²) >= 11 is 0. The molecule has 1 heterocycles. The summed E-state index contributed by atoms with van der Waals surface area (Å²) in [5, 5.41) is 8.60. The molecule has 0 aliphatic carbocycles. The highest BCUT2D eigenvalue weighted by molar-refractivity contribution is 5.73. The van der Waals surface area contributed by atoms with Gasteiger partial charge in [-0.25, -0.2) is 4.98 Å². The number of rotatable bonds is 4. The Hall–Kier alpha value is -1.36. The number of aromatic nitrogens is 2. The third-order valence-corrected chi connectivity index (χ3v) is 2.00. The van der Waals surface area contributed by atoms with E-state index in [2.05, 4.69) is 4.98 Å². The second kappa shape index (κ2) is 4.23. The van der Waals surface area contributed by atoms with Crippen molar-refractivity contribution in [3.63, 3.8) is 0 Å². The number of nitrogens with two attached hydrogens (primary N) is 1. The van der Waals surface area contributed by atoms with Gasteiger partial charge >= 0.3 is 5.97 Å². The van der Waals surface area contributed by atoms with Gasteiger partial charge < -0.3 is 15.4 Å². The van der Waals surface area contributed by atoms with E-state index in [1.165, 1.54) is 0 Å². The number of carboxylic acids is 1. The number of imidazole rings is 1. The van der Waals surface area contributed by atoms with Gasteiger partial charge in [0.1, 0.15) is 6.04 Å². The minimum atomic E-state index is -0.996. The lowest BCUT2D eigenvalue weighted by Gasteiger charge is -2.05. The van der Waals surface area contributed by atoms with Gasteiger partial charge in [0.05, 0.1) is 12.0 Å². The fourth-order valence-electron chi connectivity index (χ4n) is 1.08. The van der Waals surface area contributed by atoms with Crippen LogP contribution in [0.4, 0.5) is 0 Å². The highest BCUT2D eigenvalue weighted by atomic mass is 16.4. The summed E-state index contributed by atoms with van der Waals surface area (Å²) in [6.07, 6.45) is 3.79. The van der Waals surface area contributed by atoms with Crippen molar-refractivity contribution >= 4 is 5.97 Å². The molecule has 1 aromatic heterocycles. The summed E-state index contributed by atoms with van der Waals surface area (Å²) in [7, 11) is 0. The monoisotopic (exact) mass is 197 g/mol. The number of hydrogen-bond donors (Lipinski definition) is 2. The first-order chi connectivity index (χ1) is 6.50. The standard InChI is InChI=1S/C9H15N3O2/c1-6(2)12-4-7(11-5-12)3-8(10)9(13)14/h4-6,8H,3,10H2,1-2H3,(H,13,14). The Bertz CT molecular complexity index is 320. The molecule has 0 fully saturated rings. The molecule has 3 N–H and O–H groups in total. The smallest absolute Gasteiger partial charge is 0.320 e. The van der Waals surface area contributed by atoms with Gasteiger partial charge in [0.25, 0.3) is 0 Å². The summed E-state index contributed by atoms with van der Waals surface area (Å²) in [5.74, 6) is -0.996. The molecule has 1 unspecified atom stereocenters. The van der Waals surface area contributed by atoms with Gasteiger partial charge in [0, 0.05) is 18.7 Å². The molecular weight excluding hydrogens is 182 g/mol. The van der Waals surface area contributed by atoms with Crippen molar-refractivity contribution in [1.82, 2.24) is 9.55 Å². The molecule has 0 radical (unpaired) electrons. The first kappa shape index (κ1) is 10.7. The molecular formula is C9H15N3O2. The van der Waals surface area contributed by atoms with E-state index in [9.17, 15) is 4.79 Å². The third-order valence-electron chi connectivity index (χ3n) is 2.00. The van der Waals surface area contributed by atoms with Crippen LogP contribution in [0.1, 0.15) is 25.6 Å². The number of carboxylic acid groups (broad SMARTS) is 1. The second-order valence-corrected chi connectivity index (χ2v) is 3.55. The van der Waals surface area contributed by atoms with Crippen LogP contribution >= 0.6 is 0 Å². The van der Waals surface area contributed by atoms with E-state index < -0.39 is 12.0 Å². The Morgan fingerprint density at radius 1 is 1.71 bits per heavy atom. The van der Waals surface area contributed by atoms with E-state index in [1.807, 2.05) is 24.6 Å². The van der Waals surface area contributed by atoms with Gasteiger partial charge in [0.15, 0.2) is 0 Å². The van der Waals surface area contributed by atoms with Gasteiger partial charge in [-0.3, -0.25) is 4.79 Å². The van der Waals surface area contributed by atoms with Gasteiger partial charge in [-0.1, -0.05) is 0 Å². The largest absolute Gasteiger partial charge is 0.480 e. The number of carbonyl (C=O) groups is 1. The molecule has 0 aromatic carbocycles. The van der Waals surface area contributed by atoms with Gasteiger partial charge in [-0.15, -0.1) is 0 Å². The molecule has 5 nitrogen and oxygen atoms in total. The summed E-state index contributed by atoms with van der Waals surface area (Å²) in [4.78, 5) is 14.6. The highest BCUT2D eigenvalue weighted by Gasteiger charge is 2.13. The summed E-state index contributed by atoms with van der Waals surface area (Å²) < 4.78 is 1.92. The van der Waals surface area contributed by atoms with Gasteiger partial charge in [-0.05, 0) is 13.8 Å². The first-order valence-corrected chi connectivity index (χ1v) is 4.51. The van der Waals surface area contributed by atoms with Crippen LogP contribution in [0.2, 0.25) is 0 Å². The Kier molecular flexibility index (Phi) is 3.24. The lowest BCUT2D eigenvalue weighted by Crippen LogP contribution is -2.32. The predicted octanol–water partition coefficient (Wildman–Crippen LogP) is 0.418. The summed E-state index contributed by atoms with van der Waals surface area (Å²) in [6, 6.07) is -0.539. The van der Waals surface area contributed by atoms with E-state index >= 15 is 0 Å². The minimum absolute atomic E-state index is 0.273. The molecule has 78 valence electrons. The van der Waals surface area contributed by atoms with Crippen molar-refractivity contribution in [2.75, 3.05) is 0 Å². The maximum absolute atomic E-state index is 10.5. The molecule has 0 aliphatic rings. The Morgan fingerprint density at radius 3 is 2.79 bits per heavy atom. The molecule has 1 aromatic rings. The van der Waals surface area contributed by atoms with Crippen molar-refractivity contribution in [2.45, 2.75) is 32.4 Å². The molecule has 0 saturated heterocycles. The topological polar surface area (TPSA) is 81.1 Å². The van der Waals surface area contributed by atoms with Crippen LogP contribution in [-0.4, -0.2) is 26.7 Å². The number of hydrogen-bond acceptors (Lipinski definition) is 3. The molecule has 5 heteroatoms. The zero-order chi connectivity index (χ0) is 10.7. The molecule has 0 aliphatic heterocycles. The average molecular weight is 197 g/mol. The lowest BCUT2D eigenvalue weighted by molar-refractivity contribution is -0.138. The number of aliphatic carboxylic acids is 1. The van der Waals surface area contributed by atoms with Crippen molar-refractivity contribution in [3.05, 3.63) is 18.2 Å². The van der Waals surface area contributed by atoms with Crippen molar-refractivity contribution in [3.8, 4) is 0 Å². The normalized spacial score (nSPS) is 13.1. The van der Waals surface area contributed by atoms with Crippen LogP contribution in [0.25, 0.3) is 0 Å². The van der Waals surface area contributed by atoms with Crippen LogP contribution in [0.3, 0.4) is 0 Å². The molecule has 0 saturated carbocycles. The average Bonchev–Trinajstić information content (AvgIpc) is 2.52. The zero-order valence-corrected chi connectivity index (χ0v) is 8.34. The Morgan fingerprint density at radius 2 is 2.36 bits per heavy atom. The maximum Gasteiger partial charge on any atom is 0.320 e. The number of nitrogens with zero attached hydrogens (tertiary/aromatic N) is 2. The second-order valence-electron chi connectivity index (χ2n) is 3.55. The molecule has 14 heavy (non-hydrogen) atoms. The van der Waals surface area contributed by atoms with Crippen LogP contribution in [-0.2, 0) is 11.2 Å². The first-order valence-electron chi connectivity index (χ1n) is 4.51. The molecule has 0 amide bonds. The highest BCUT2D eigenvalue weighted by Crippen LogP contribution is 2.06. The fourth-order valence-corrected chi connectivity index (χ4v) is 1.08. The van der Waals surface area contributed by atoms with E-state index in [4.69, 9.17) is 10.8 Å². The van der Waals surface area contributed by atoms with Gasteiger partial charge in [0.2, 0.25) is 0 Å². The van der Waals surface area contributed by atoms with Crippen LogP contribution < -0.4 is 5.73 Å². The maximum atomic E-state index is 10.5. The van der Waals surface area contributed by atoms with Crippen LogP contribution in [0.5, 0.6) is 0 Å². The lowest BCUT2D eigenvalue weighted by atomic mass is 10.2. The molecule has 0 bridgehead atoms. The van der Waals surface area contributed by atoms with Crippen molar-refractivity contribution in [1.29, 1.82) is 0 Å². The predicted molar refractivity (Wildman–Crippen MR) is 51.9 cm³/mol.